The zero-order chi connectivity index (χ0) is 13.1. The second-order valence-electron chi connectivity index (χ2n) is 4.27. The summed E-state index contributed by atoms with van der Waals surface area (Å²) in [7, 11) is 0. The topological polar surface area (TPSA) is 51.2 Å². The highest BCUT2D eigenvalue weighted by molar-refractivity contribution is 5.31. The number of hydrazine groups is 1. The highest BCUT2D eigenvalue weighted by Crippen LogP contribution is 2.25. The molecular weight excluding hydrogens is 231 g/mol. The van der Waals surface area contributed by atoms with Crippen LogP contribution in [0, 0.1) is 12.7 Å². The molecule has 0 saturated heterocycles. The standard InChI is InChI=1S/C14H17FN2O/c1-3-11-5-7-13(18-11)14(17-16)10-4-6-12(15)9(2)8-10/h4-8,14,17H,3,16H2,1-2H3. The first-order chi connectivity index (χ1) is 8.65. The molecule has 3 nitrogen and oxygen atoms in total. The van der Waals surface area contributed by atoms with Crippen LogP contribution in [0.1, 0.15) is 35.6 Å². The fourth-order valence-electron chi connectivity index (χ4n) is 1.93. The van der Waals surface area contributed by atoms with Gasteiger partial charge in [0.25, 0.3) is 0 Å². The molecule has 0 radical (unpaired) electrons. The molecule has 96 valence electrons. The molecule has 2 aromatic rings. The van der Waals surface area contributed by atoms with E-state index in [0.717, 1.165) is 23.5 Å². The molecule has 1 unspecified atom stereocenters. The van der Waals surface area contributed by atoms with Gasteiger partial charge in [0.1, 0.15) is 23.4 Å². The van der Waals surface area contributed by atoms with Gasteiger partial charge in [0.2, 0.25) is 0 Å². The van der Waals surface area contributed by atoms with Gasteiger partial charge in [0.05, 0.1) is 0 Å². The fourth-order valence-corrected chi connectivity index (χ4v) is 1.93. The van der Waals surface area contributed by atoms with Crippen molar-refractivity contribution in [2.75, 3.05) is 0 Å². The van der Waals surface area contributed by atoms with Crippen molar-refractivity contribution in [1.29, 1.82) is 0 Å². The van der Waals surface area contributed by atoms with Crippen molar-refractivity contribution in [2.45, 2.75) is 26.3 Å². The molecule has 1 aromatic carbocycles. The van der Waals surface area contributed by atoms with E-state index in [1.54, 1.807) is 19.1 Å². The summed E-state index contributed by atoms with van der Waals surface area (Å²) in [6.07, 6.45) is 0.833. The molecule has 1 heterocycles. The molecule has 0 aliphatic heterocycles. The minimum absolute atomic E-state index is 0.219. The Morgan fingerprint density at radius 3 is 2.67 bits per heavy atom. The van der Waals surface area contributed by atoms with Crippen molar-refractivity contribution >= 4 is 0 Å². The third-order valence-corrected chi connectivity index (χ3v) is 3.00. The van der Waals surface area contributed by atoms with Crippen LogP contribution in [0.5, 0.6) is 0 Å². The average molecular weight is 248 g/mol. The number of nitrogens with two attached hydrogens (primary N) is 1. The van der Waals surface area contributed by atoms with E-state index in [4.69, 9.17) is 10.3 Å². The lowest BCUT2D eigenvalue weighted by molar-refractivity contribution is 0.425. The van der Waals surface area contributed by atoms with E-state index in [9.17, 15) is 4.39 Å². The number of hydrogen-bond donors (Lipinski definition) is 2. The van der Waals surface area contributed by atoms with Crippen LogP contribution in [-0.2, 0) is 6.42 Å². The summed E-state index contributed by atoms with van der Waals surface area (Å²) in [5.41, 5.74) is 4.18. The van der Waals surface area contributed by atoms with E-state index in [2.05, 4.69) is 5.43 Å². The number of aryl methyl sites for hydroxylation is 2. The van der Waals surface area contributed by atoms with Crippen LogP contribution in [0.4, 0.5) is 4.39 Å². The average Bonchev–Trinajstić information content (AvgIpc) is 2.83. The fraction of sp³-hybridized carbons (Fsp3) is 0.286. The lowest BCUT2D eigenvalue weighted by Gasteiger charge is -2.14. The first kappa shape index (κ1) is 12.8. The van der Waals surface area contributed by atoms with Gasteiger partial charge in [-0.05, 0) is 36.2 Å². The third-order valence-electron chi connectivity index (χ3n) is 3.00. The molecule has 3 N–H and O–H groups in total. The highest BCUT2D eigenvalue weighted by atomic mass is 19.1. The van der Waals surface area contributed by atoms with E-state index in [-0.39, 0.29) is 11.9 Å². The van der Waals surface area contributed by atoms with Crippen molar-refractivity contribution in [3.8, 4) is 0 Å². The van der Waals surface area contributed by atoms with Gasteiger partial charge in [-0.1, -0.05) is 19.1 Å². The second kappa shape index (κ2) is 5.33. The maximum atomic E-state index is 13.3. The van der Waals surface area contributed by atoms with E-state index in [1.165, 1.54) is 6.07 Å². The Bertz CT molecular complexity index is 536. The van der Waals surface area contributed by atoms with E-state index in [0.29, 0.717) is 5.56 Å². The predicted octanol–water partition coefficient (Wildman–Crippen LogP) is 2.84. The summed E-state index contributed by atoms with van der Waals surface area (Å²) in [6, 6.07) is 8.48. The van der Waals surface area contributed by atoms with Crippen molar-refractivity contribution < 1.29 is 8.81 Å². The molecule has 0 bridgehead atoms. The molecule has 1 atom stereocenters. The Labute approximate surface area is 106 Å². The Kier molecular flexibility index (Phi) is 3.79. The van der Waals surface area contributed by atoms with Gasteiger partial charge in [-0.15, -0.1) is 0 Å². The van der Waals surface area contributed by atoms with Gasteiger partial charge in [0, 0.05) is 6.42 Å². The van der Waals surface area contributed by atoms with Crippen LogP contribution in [-0.4, -0.2) is 0 Å². The Hall–Kier alpha value is -1.65. The van der Waals surface area contributed by atoms with Crippen molar-refractivity contribution in [1.82, 2.24) is 5.43 Å². The van der Waals surface area contributed by atoms with Crippen LogP contribution >= 0.6 is 0 Å². The molecule has 18 heavy (non-hydrogen) atoms. The number of benzene rings is 1. The summed E-state index contributed by atoms with van der Waals surface area (Å²) in [6.45, 7) is 3.75. The Morgan fingerprint density at radius 1 is 1.33 bits per heavy atom. The minimum Gasteiger partial charge on any atom is -0.464 e. The monoisotopic (exact) mass is 248 g/mol. The van der Waals surface area contributed by atoms with Crippen LogP contribution in [0.15, 0.2) is 34.7 Å². The molecular formula is C14H17FN2O. The number of furan rings is 1. The summed E-state index contributed by atoms with van der Waals surface area (Å²) in [5, 5.41) is 0. The quantitative estimate of drug-likeness (QED) is 0.646. The van der Waals surface area contributed by atoms with Gasteiger partial charge in [0.15, 0.2) is 0 Å². The van der Waals surface area contributed by atoms with Crippen molar-refractivity contribution in [3.05, 3.63) is 58.8 Å². The van der Waals surface area contributed by atoms with Crippen molar-refractivity contribution in [2.24, 2.45) is 5.84 Å². The number of hydrogen-bond acceptors (Lipinski definition) is 3. The highest BCUT2D eigenvalue weighted by Gasteiger charge is 2.17. The predicted molar refractivity (Wildman–Crippen MR) is 68.4 cm³/mol. The normalized spacial score (nSPS) is 12.7. The molecule has 0 fully saturated rings. The van der Waals surface area contributed by atoms with Crippen LogP contribution in [0.2, 0.25) is 0 Å². The molecule has 1 aromatic heterocycles. The van der Waals surface area contributed by atoms with Crippen LogP contribution in [0.3, 0.4) is 0 Å². The molecule has 0 aliphatic carbocycles. The molecule has 2 rings (SSSR count). The maximum Gasteiger partial charge on any atom is 0.126 e. The first-order valence-electron chi connectivity index (χ1n) is 5.96. The minimum atomic E-state index is -0.260. The van der Waals surface area contributed by atoms with Crippen molar-refractivity contribution in [3.63, 3.8) is 0 Å². The number of nitrogens with one attached hydrogen (secondary N) is 1. The zero-order valence-electron chi connectivity index (χ0n) is 10.5. The SMILES string of the molecule is CCc1ccc(C(NN)c2ccc(F)c(C)c2)o1. The lowest BCUT2D eigenvalue weighted by atomic mass is 10.0. The molecule has 0 aliphatic rings. The molecule has 0 amide bonds. The van der Waals surface area contributed by atoms with Gasteiger partial charge in [-0.3, -0.25) is 5.84 Å². The summed E-state index contributed by atoms with van der Waals surface area (Å²) in [4.78, 5) is 0. The molecule has 0 spiro atoms. The Balaban J connectivity index is 2.35. The van der Waals surface area contributed by atoms with Gasteiger partial charge in [-0.25, -0.2) is 9.82 Å². The number of halogens is 1. The van der Waals surface area contributed by atoms with Gasteiger partial charge >= 0.3 is 0 Å². The van der Waals surface area contributed by atoms with E-state index < -0.39 is 0 Å². The first-order valence-corrected chi connectivity index (χ1v) is 5.96. The molecule has 4 heteroatoms. The summed E-state index contributed by atoms with van der Waals surface area (Å²) < 4.78 is 18.9. The van der Waals surface area contributed by atoms with E-state index >= 15 is 0 Å². The van der Waals surface area contributed by atoms with Gasteiger partial charge in [-0.2, -0.15) is 0 Å². The summed E-state index contributed by atoms with van der Waals surface area (Å²) in [5.74, 6) is 7.00. The van der Waals surface area contributed by atoms with Gasteiger partial charge < -0.3 is 4.42 Å². The Morgan fingerprint density at radius 2 is 2.11 bits per heavy atom. The zero-order valence-corrected chi connectivity index (χ0v) is 10.5. The largest absolute Gasteiger partial charge is 0.464 e. The second-order valence-corrected chi connectivity index (χ2v) is 4.27. The smallest absolute Gasteiger partial charge is 0.126 e. The van der Waals surface area contributed by atoms with Crippen LogP contribution < -0.4 is 11.3 Å². The van der Waals surface area contributed by atoms with Crippen LogP contribution in [0.25, 0.3) is 0 Å². The third kappa shape index (κ3) is 2.44. The van der Waals surface area contributed by atoms with E-state index in [1.807, 2.05) is 19.1 Å². The maximum absolute atomic E-state index is 13.3. The molecule has 0 saturated carbocycles. The number of rotatable bonds is 4. The summed E-state index contributed by atoms with van der Waals surface area (Å²) >= 11 is 0. The lowest BCUT2D eigenvalue weighted by Crippen LogP contribution is -2.28.